The fraction of sp³-hybridized carbons (Fsp3) is 0.300. The van der Waals surface area contributed by atoms with Crippen LogP contribution in [0.5, 0.6) is 0 Å². The highest BCUT2D eigenvalue weighted by Crippen LogP contribution is 2.47. The Kier molecular flexibility index (Phi) is 5.69. The molecule has 0 amide bonds. The molecule has 30 heavy (non-hydrogen) atoms. The van der Waals surface area contributed by atoms with Crippen molar-refractivity contribution in [3.63, 3.8) is 0 Å². The smallest absolute Gasteiger partial charge is 0.348 e. The van der Waals surface area contributed by atoms with Crippen LogP contribution in [0.25, 0.3) is 10.2 Å². The van der Waals surface area contributed by atoms with Crippen LogP contribution in [0.15, 0.2) is 39.8 Å². The van der Waals surface area contributed by atoms with Gasteiger partial charge in [0.1, 0.15) is 14.6 Å². The maximum atomic E-state index is 13.1. The van der Waals surface area contributed by atoms with E-state index in [0.717, 1.165) is 10.0 Å². The molecule has 0 unspecified atom stereocenters. The Morgan fingerprint density at radius 2 is 2.10 bits per heavy atom. The summed E-state index contributed by atoms with van der Waals surface area (Å²) in [4.78, 5) is 17.5. The van der Waals surface area contributed by atoms with E-state index < -0.39 is 21.5 Å². The number of nitrogens with one attached hydrogen (secondary N) is 1. The molecule has 2 heterocycles. The molecule has 1 saturated carbocycles. The van der Waals surface area contributed by atoms with E-state index >= 15 is 0 Å². The zero-order valence-electron chi connectivity index (χ0n) is 16.2. The van der Waals surface area contributed by atoms with E-state index in [-0.39, 0.29) is 11.5 Å². The van der Waals surface area contributed by atoms with Crippen molar-refractivity contribution in [3.8, 4) is 0 Å². The number of pyridine rings is 1. The number of aryl methyl sites for hydroxylation is 1. The molecule has 0 radical (unpaired) electrons. The fourth-order valence-corrected chi connectivity index (χ4v) is 6.17. The van der Waals surface area contributed by atoms with E-state index in [1.807, 2.05) is 12.1 Å². The monoisotopic (exact) mass is 528 g/mol. The van der Waals surface area contributed by atoms with Crippen LogP contribution in [0.3, 0.4) is 0 Å². The predicted octanol–water partition coefficient (Wildman–Crippen LogP) is 5.16. The lowest BCUT2D eigenvalue weighted by Gasteiger charge is -2.18. The standard InChI is InChI=1S/C20H18BrClN2O4S2/c1-3-28-19(25)17-11(2)14-9-13(10-23-18(14)29-17)30(26,27)24-20(6-7-20)12-4-5-15(21)16(22)8-12/h4-5,8-10,24H,3,6-7H2,1-2H3. The molecule has 0 bridgehead atoms. The van der Waals surface area contributed by atoms with Gasteiger partial charge < -0.3 is 4.74 Å². The number of hydrogen-bond donors (Lipinski definition) is 1. The molecule has 1 aliphatic rings. The Hall–Kier alpha value is -1.52. The second kappa shape index (κ2) is 7.87. The maximum absolute atomic E-state index is 13.1. The highest BCUT2D eigenvalue weighted by atomic mass is 79.9. The van der Waals surface area contributed by atoms with Crippen molar-refractivity contribution in [2.75, 3.05) is 6.61 Å². The van der Waals surface area contributed by atoms with Crippen molar-refractivity contribution in [2.45, 2.75) is 37.1 Å². The highest BCUT2D eigenvalue weighted by molar-refractivity contribution is 9.10. The molecule has 1 aliphatic carbocycles. The Balaban J connectivity index is 1.68. The number of thiophene rings is 1. The van der Waals surface area contributed by atoms with Crippen molar-refractivity contribution in [2.24, 2.45) is 0 Å². The van der Waals surface area contributed by atoms with Crippen LogP contribution in [-0.2, 0) is 20.3 Å². The first-order chi connectivity index (χ1) is 14.2. The fourth-order valence-electron chi connectivity index (χ4n) is 3.30. The van der Waals surface area contributed by atoms with Gasteiger partial charge in [0, 0.05) is 16.1 Å². The number of esters is 1. The molecule has 2 aromatic heterocycles. The molecule has 6 nitrogen and oxygen atoms in total. The van der Waals surface area contributed by atoms with Crippen LogP contribution in [-0.4, -0.2) is 26.0 Å². The summed E-state index contributed by atoms with van der Waals surface area (Å²) in [5, 5.41) is 1.16. The summed E-state index contributed by atoms with van der Waals surface area (Å²) < 4.78 is 34.9. The molecule has 0 aliphatic heterocycles. The quantitative estimate of drug-likeness (QED) is 0.446. The minimum absolute atomic E-state index is 0.0563. The SMILES string of the molecule is CCOC(=O)c1sc2ncc(S(=O)(=O)NC3(c4ccc(Br)c(Cl)c4)CC3)cc2c1C. The van der Waals surface area contributed by atoms with Gasteiger partial charge in [0.2, 0.25) is 10.0 Å². The first-order valence-electron chi connectivity index (χ1n) is 9.22. The molecule has 1 aromatic carbocycles. The third-order valence-corrected chi connectivity index (χ3v) is 9.02. The van der Waals surface area contributed by atoms with Crippen molar-refractivity contribution < 1.29 is 17.9 Å². The van der Waals surface area contributed by atoms with Gasteiger partial charge in [-0.1, -0.05) is 17.7 Å². The number of benzene rings is 1. The summed E-state index contributed by atoms with van der Waals surface area (Å²) in [6.45, 7) is 3.77. The molecular formula is C20H18BrClN2O4S2. The first-order valence-corrected chi connectivity index (χ1v) is 12.7. The van der Waals surface area contributed by atoms with Crippen molar-refractivity contribution in [1.29, 1.82) is 0 Å². The molecule has 3 aromatic rings. The van der Waals surface area contributed by atoms with Gasteiger partial charge in [-0.3, -0.25) is 0 Å². The normalized spacial score (nSPS) is 15.3. The van der Waals surface area contributed by atoms with Crippen molar-refractivity contribution in [1.82, 2.24) is 9.71 Å². The topological polar surface area (TPSA) is 85.4 Å². The summed E-state index contributed by atoms with van der Waals surface area (Å²) >= 11 is 10.8. The van der Waals surface area contributed by atoms with Gasteiger partial charge >= 0.3 is 5.97 Å². The predicted molar refractivity (Wildman–Crippen MR) is 121 cm³/mol. The third kappa shape index (κ3) is 3.89. The lowest BCUT2D eigenvalue weighted by Crippen LogP contribution is -2.34. The lowest BCUT2D eigenvalue weighted by molar-refractivity contribution is 0.0531. The molecule has 0 spiro atoms. The first kappa shape index (κ1) is 21.7. The molecule has 0 atom stereocenters. The number of ether oxygens (including phenoxy) is 1. The largest absolute Gasteiger partial charge is 0.462 e. The number of nitrogens with zero attached hydrogens (tertiary/aromatic N) is 1. The van der Waals surface area contributed by atoms with Gasteiger partial charge in [0.15, 0.2) is 0 Å². The van der Waals surface area contributed by atoms with E-state index in [1.54, 1.807) is 26.0 Å². The zero-order valence-corrected chi connectivity index (χ0v) is 20.1. The second-order valence-electron chi connectivity index (χ2n) is 7.12. The number of fused-ring (bicyclic) bond motifs is 1. The number of sulfonamides is 1. The van der Waals surface area contributed by atoms with Crippen LogP contribution >= 0.6 is 38.9 Å². The van der Waals surface area contributed by atoms with Gasteiger partial charge in [0.25, 0.3) is 0 Å². The minimum atomic E-state index is -3.83. The molecule has 4 rings (SSSR count). The molecule has 1 N–H and O–H groups in total. The number of hydrogen-bond acceptors (Lipinski definition) is 6. The summed E-state index contributed by atoms with van der Waals surface area (Å²) in [6, 6.07) is 7.01. The maximum Gasteiger partial charge on any atom is 0.348 e. The highest BCUT2D eigenvalue weighted by Gasteiger charge is 2.48. The van der Waals surface area contributed by atoms with E-state index in [0.29, 0.717) is 38.5 Å². The average molecular weight is 530 g/mol. The van der Waals surface area contributed by atoms with E-state index in [4.69, 9.17) is 16.3 Å². The number of carbonyl (C=O) groups is 1. The summed E-state index contributed by atoms with van der Waals surface area (Å²) in [5.41, 5.74) is 0.821. The second-order valence-corrected chi connectivity index (χ2v) is 11.1. The van der Waals surface area contributed by atoms with Crippen LogP contribution in [0.2, 0.25) is 5.02 Å². The average Bonchev–Trinajstić information content (AvgIpc) is 3.39. The summed E-state index contributed by atoms with van der Waals surface area (Å²) in [5.74, 6) is -0.426. The molecular weight excluding hydrogens is 512 g/mol. The van der Waals surface area contributed by atoms with E-state index in [1.165, 1.54) is 17.5 Å². The summed E-state index contributed by atoms with van der Waals surface area (Å²) in [7, 11) is -3.83. The zero-order chi connectivity index (χ0) is 21.7. The Labute approximate surface area is 191 Å². The molecule has 1 fully saturated rings. The van der Waals surface area contributed by atoms with Crippen LogP contribution in [0.4, 0.5) is 0 Å². The third-order valence-electron chi connectivity index (χ3n) is 5.09. The van der Waals surface area contributed by atoms with Gasteiger partial charge in [0.05, 0.1) is 17.2 Å². The number of aromatic nitrogens is 1. The Morgan fingerprint density at radius 1 is 1.37 bits per heavy atom. The minimum Gasteiger partial charge on any atom is -0.462 e. The van der Waals surface area contributed by atoms with Gasteiger partial charge in [-0.15, -0.1) is 11.3 Å². The van der Waals surface area contributed by atoms with Crippen LogP contribution in [0, 0.1) is 6.92 Å². The Morgan fingerprint density at radius 3 is 2.73 bits per heavy atom. The lowest BCUT2D eigenvalue weighted by atomic mass is 10.1. The van der Waals surface area contributed by atoms with Crippen molar-refractivity contribution in [3.05, 3.63) is 56.0 Å². The van der Waals surface area contributed by atoms with E-state index in [2.05, 4.69) is 25.6 Å². The molecule has 0 saturated heterocycles. The van der Waals surface area contributed by atoms with Gasteiger partial charge in [-0.2, -0.15) is 0 Å². The Bertz CT molecular complexity index is 1270. The van der Waals surface area contributed by atoms with Crippen LogP contribution in [0.1, 0.15) is 40.6 Å². The van der Waals surface area contributed by atoms with Gasteiger partial charge in [-0.25, -0.2) is 22.9 Å². The van der Waals surface area contributed by atoms with Crippen molar-refractivity contribution >= 4 is 65.1 Å². The van der Waals surface area contributed by atoms with E-state index in [9.17, 15) is 13.2 Å². The molecule has 10 heteroatoms. The summed E-state index contributed by atoms with van der Waals surface area (Å²) in [6.07, 6.45) is 2.69. The molecule has 158 valence electrons. The van der Waals surface area contributed by atoms with Gasteiger partial charge in [-0.05, 0) is 71.9 Å². The number of rotatable bonds is 6. The van der Waals surface area contributed by atoms with Crippen LogP contribution < -0.4 is 4.72 Å². The number of carbonyl (C=O) groups excluding carboxylic acids is 1. The number of halogens is 2.